The molecule has 0 aromatic heterocycles. The van der Waals surface area contributed by atoms with Crippen LogP contribution in [0.5, 0.6) is 0 Å². The number of piperazine rings is 1. The second-order valence-electron chi connectivity index (χ2n) is 6.80. The zero-order chi connectivity index (χ0) is 14.7. The highest BCUT2D eigenvalue weighted by molar-refractivity contribution is 5.20. The van der Waals surface area contributed by atoms with Crippen molar-refractivity contribution in [1.82, 2.24) is 15.1 Å². The van der Waals surface area contributed by atoms with Crippen LogP contribution < -0.4 is 5.32 Å². The van der Waals surface area contributed by atoms with Crippen LogP contribution in [-0.4, -0.2) is 55.1 Å². The molecule has 0 bridgehead atoms. The molecule has 116 valence electrons. The smallest absolute Gasteiger partial charge is 0.0449 e. The molecule has 0 saturated carbocycles. The molecule has 2 fully saturated rings. The van der Waals surface area contributed by atoms with Crippen LogP contribution >= 0.6 is 0 Å². The Kier molecular flexibility index (Phi) is 4.94. The number of nitrogens with zero attached hydrogens (tertiary/aromatic N) is 2. The summed E-state index contributed by atoms with van der Waals surface area (Å²) in [6, 6.07) is 12.8. The molecule has 3 rings (SSSR count). The van der Waals surface area contributed by atoms with Gasteiger partial charge >= 0.3 is 0 Å². The molecule has 2 heterocycles. The molecule has 21 heavy (non-hydrogen) atoms. The quantitative estimate of drug-likeness (QED) is 0.921. The van der Waals surface area contributed by atoms with Gasteiger partial charge in [0.2, 0.25) is 0 Å². The largest absolute Gasteiger partial charge is 0.307 e. The second kappa shape index (κ2) is 6.91. The van der Waals surface area contributed by atoms with Gasteiger partial charge < -0.3 is 10.2 Å². The molecule has 2 aliphatic rings. The van der Waals surface area contributed by atoms with Gasteiger partial charge in [-0.15, -0.1) is 0 Å². The van der Waals surface area contributed by atoms with Crippen LogP contribution in [0, 0.1) is 0 Å². The van der Waals surface area contributed by atoms with Gasteiger partial charge in [-0.1, -0.05) is 36.8 Å². The zero-order valence-electron chi connectivity index (χ0n) is 13.5. The number of hydrogen-bond acceptors (Lipinski definition) is 3. The summed E-state index contributed by atoms with van der Waals surface area (Å²) in [5.74, 6) is 0. The minimum atomic E-state index is 0.483. The maximum atomic E-state index is 3.71. The van der Waals surface area contributed by atoms with Crippen molar-refractivity contribution in [2.24, 2.45) is 0 Å². The molecular formula is C18H29N3. The molecule has 1 N–H and O–H groups in total. The van der Waals surface area contributed by atoms with Crippen molar-refractivity contribution in [2.45, 2.75) is 44.3 Å². The van der Waals surface area contributed by atoms with Crippen LogP contribution in [-0.2, 0) is 0 Å². The van der Waals surface area contributed by atoms with Crippen LogP contribution in [0.25, 0.3) is 0 Å². The number of benzene rings is 1. The van der Waals surface area contributed by atoms with E-state index in [2.05, 4.69) is 59.4 Å². The van der Waals surface area contributed by atoms with Crippen LogP contribution in [0.2, 0.25) is 0 Å². The highest BCUT2D eigenvalue weighted by atomic mass is 15.3. The first-order chi connectivity index (χ1) is 10.2. The molecule has 2 saturated heterocycles. The summed E-state index contributed by atoms with van der Waals surface area (Å²) in [5.41, 5.74) is 1.42. The lowest BCUT2D eigenvalue weighted by Gasteiger charge is -2.43. The molecule has 2 aliphatic heterocycles. The van der Waals surface area contributed by atoms with E-state index in [0.29, 0.717) is 12.1 Å². The van der Waals surface area contributed by atoms with E-state index in [4.69, 9.17) is 0 Å². The molecule has 1 aromatic rings. The summed E-state index contributed by atoms with van der Waals surface area (Å²) in [5, 5.41) is 3.71. The Morgan fingerprint density at radius 1 is 1.19 bits per heavy atom. The first kappa shape index (κ1) is 15.0. The van der Waals surface area contributed by atoms with Gasteiger partial charge in [-0.3, -0.25) is 4.90 Å². The van der Waals surface area contributed by atoms with Crippen LogP contribution in [0.4, 0.5) is 0 Å². The van der Waals surface area contributed by atoms with Gasteiger partial charge in [-0.05, 0) is 38.9 Å². The molecule has 3 unspecified atom stereocenters. The normalized spacial score (nSPS) is 32.2. The van der Waals surface area contributed by atoms with E-state index in [-0.39, 0.29) is 0 Å². The summed E-state index contributed by atoms with van der Waals surface area (Å²) in [6.45, 7) is 7.08. The number of piperidine rings is 1. The Bertz CT molecular complexity index is 433. The van der Waals surface area contributed by atoms with Crippen LogP contribution in [0.1, 0.15) is 37.8 Å². The fraction of sp³-hybridized carbons (Fsp3) is 0.667. The number of nitrogens with one attached hydrogen (secondary N) is 1. The Balaban J connectivity index is 1.63. The van der Waals surface area contributed by atoms with E-state index < -0.39 is 0 Å². The van der Waals surface area contributed by atoms with E-state index in [1.54, 1.807) is 0 Å². The fourth-order valence-electron chi connectivity index (χ4n) is 3.73. The van der Waals surface area contributed by atoms with Gasteiger partial charge in [-0.2, -0.15) is 0 Å². The maximum absolute atomic E-state index is 3.71. The van der Waals surface area contributed by atoms with Gasteiger partial charge in [-0.25, -0.2) is 0 Å². The van der Waals surface area contributed by atoms with Crippen molar-refractivity contribution in [2.75, 3.05) is 33.2 Å². The first-order valence-corrected chi connectivity index (χ1v) is 8.46. The van der Waals surface area contributed by atoms with Gasteiger partial charge in [0.15, 0.2) is 0 Å². The second-order valence-corrected chi connectivity index (χ2v) is 6.80. The summed E-state index contributed by atoms with van der Waals surface area (Å²) < 4.78 is 0. The molecule has 3 heteroatoms. The summed E-state index contributed by atoms with van der Waals surface area (Å²) in [6.07, 6.45) is 4.14. The molecular weight excluding hydrogens is 258 g/mol. The van der Waals surface area contributed by atoms with Crippen molar-refractivity contribution in [3.8, 4) is 0 Å². The van der Waals surface area contributed by atoms with E-state index in [1.807, 2.05) is 0 Å². The lowest BCUT2D eigenvalue weighted by Crippen LogP contribution is -2.55. The van der Waals surface area contributed by atoms with Gasteiger partial charge in [0, 0.05) is 37.8 Å². The maximum Gasteiger partial charge on any atom is 0.0449 e. The predicted octanol–water partition coefficient (Wildman–Crippen LogP) is 2.51. The minimum absolute atomic E-state index is 0.483. The number of hydrogen-bond donors (Lipinski definition) is 1. The van der Waals surface area contributed by atoms with Crippen molar-refractivity contribution in [3.63, 3.8) is 0 Å². The van der Waals surface area contributed by atoms with Gasteiger partial charge in [0.05, 0.1) is 0 Å². The molecule has 3 nitrogen and oxygen atoms in total. The fourth-order valence-corrected chi connectivity index (χ4v) is 3.73. The monoisotopic (exact) mass is 287 g/mol. The molecule has 1 aromatic carbocycles. The Hall–Kier alpha value is -0.900. The summed E-state index contributed by atoms with van der Waals surface area (Å²) >= 11 is 0. The van der Waals surface area contributed by atoms with Crippen molar-refractivity contribution in [1.29, 1.82) is 0 Å². The average Bonchev–Trinajstić information content (AvgIpc) is 2.52. The van der Waals surface area contributed by atoms with E-state index in [9.17, 15) is 0 Å². The highest BCUT2D eigenvalue weighted by Crippen LogP contribution is 2.22. The van der Waals surface area contributed by atoms with Crippen LogP contribution in [0.15, 0.2) is 30.3 Å². The topological polar surface area (TPSA) is 18.5 Å². The molecule has 0 spiro atoms. The molecule has 0 radical (unpaired) electrons. The van der Waals surface area contributed by atoms with Crippen molar-refractivity contribution in [3.05, 3.63) is 35.9 Å². The van der Waals surface area contributed by atoms with E-state index >= 15 is 0 Å². The lowest BCUT2D eigenvalue weighted by atomic mass is 9.98. The number of likely N-dealkylation sites (N-methyl/N-ethyl adjacent to an activating group) is 1. The van der Waals surface area contributed by atoms with E-state index in [1.165, 1.54) is 37.9 Å². The highest BCUT2D eigenvalue weighted by Gasteiger charge is 2.29. The lowest BCUT2D eigenvalue weighted by molar-refractivity contribution is 0.0789. The Morgan fingerprint density at radius 3 is 2.76 bits per heavy atom. The third-order valence-electron chi connectivity index (χ3n) is 5.27. The standard InChI is InChI=1S/C18H29N3/c1-15-12-19-18(16-8-4-3-5-9-16)14-21(15)13-17-10-6-7-11-20(17)2/h3-5,8-9,15,17-19H,6-7,10-14H2,1-2H3. The zero-order valence-corrected chi connectivity index (χ0v) is 13.5. The van der Waals surface area contributed by atoms with Gasteiger partial charge in [0.25, 0.3) is 0 Å². The van der Waals surface area contributed by atoms with Crippen molar-refractivity contribution < 1.29 is 0 Å². The van der Waals surface area contributed by atoms with Gasteiger partial charge in [0.1, 0.15) is 0 Å². The third kappa shape index (κ3) is 3.65. The molecule has 3 atom stereocenters. The summed E-state index contributed by atoms with van der Waals surface area (Å²) in [7, 11) is 2.30. The number of likely N-dealkylation sites (tertiary alicyclic amines) is 1. The molecule has 0 amide bonds. The Labute approximate surface area is 129 Å². The Morgan fingerprint density at radius 2 is 2.00 bits per heavy atom. The minimum Gasteiger partial charge on any atom is -0.307 e. The first-order valence-electron chi connectivity index (χ1n) is 8.46. The average molecular weight is 287 g/mol. The van der Waals surface area contributed by atoms with Crippen molar-refractivity contribution >= 4 is 0 Å². The van der Waals surface area contributed by atoms with Crippen LogP contribution in [0.3, 0.4) is 0 Å². The number of rotatable bonds is 3. The van der Waals surface area contributed by atoms with E-state index in [0.717, 1.165) is 19.1 Å². The predicted molar refractivity (Wildman–Crippen MR) is 88.5 cm³/mol. The third-order valence-corrected chi connectivity index (χ3v) is 5.27. The molecule has 0 aliphatic carbocycles. The summed E-state index contributed by atoms with van der Waals surface area (Å²) in [4.78, 5) is 5.26. The SMILES string of the molecule is CC1CNC(c2ccccc2)CN1CC1CCCCN1C.